The lowest BCUT2D eigenvalue weighted by Gasteiger charge is -2.17. The third kappa shape index (κ3) is 6.61. The Labute approximate surface area is 196 Å². The molecule has 11 heteroatoms. The minimum atomic E-state index is -0.521. The van der Waals surface area contributed by atoms with Crippen molar-refractivity contribution in [3.05, 3.63) is 70.8 Å². The van der Waals surface area contributed by atoms with Gasteiger partial charge in [-0.3, -0.25) is 19.2 Å². The molecule has 0 radical (unpaired) electrons. The number of hydrogen-bond acceptors (Lipinski definition) is 6. The van der Waals surface area contributed by atoms with Crippen molar-refractivity contribution in [1.29, 1.82) is 0 Å². The fourth-order valence-corrected chi connectivity index (χ4v) is 2.77. The molecule has 0 fully saturated rings. The zero-order valence-electron chi connectivity index (χ0n) is 19.2. The number of benzene rings is 1. The normalized spacial score (nSPS) is 11.0. The van der Waals surface area contributed by atoms with Gasteiger partial charge in [0.2, 0.25) is 11.8 Å². The predicted octanol–water partition coefficient (Wildman–Crippen LogP) is 0.960. The van der Waals surface area contributed by atoms with Crippen LogP contribution in [0.3, 0.4) is 0 Å². The topological polar surface area (TPSA) is 140 Å². The average Bonchev–Trinajstić information content (AvgIpc) is 3.33. The molecular weight excluding hydrogens is 438 g/mol. The third-order valence-corrected chi connectivity index (χ3v) is 4.70. The maximum Gasteiger partial charge on any atom is 0.267 e. The van der Waals surface area contributed by atoms with Crippen molar-refractivity contribution in [1.82, 2.24) is 30.2 Å². The lowest BCUT2D eigenvalue weighted by molar-refractivity contribution is -0.123. The summed E-state index contributed by atoms with van der Waals surface area (Å²) in [6.07, 6.45) is 3.26. The molecule has 3 amide bonds. The number of carbonyl (C=O) groups is 3. The fourth-order valence-electron chi connectivity index (χ4n) is 2.77. The first-order valence-electron chi connectivity index (χ1n) is 10.7. The first-order valence-corrected chi connectivity index (χ1v) is 10.7. The fraction of sp³-hybridized carbons (Fsp3) is 0.304. The summed E-state index contributed by atoms with van der Waals surface area (Å²) in [5.41, 5.74) is 0.0874. The van der Waals surface area contributed by atoms with Crippen LogP contribution in [0.15, 0.2) is 59.7 Å². The summed E-state index contributed by atoms with van der Waals surface area (Å²) in [5.74, 6) is -0.437. The SMILES string of the molecule is CC(C)(C)C(=O)Nc1ccc(C(=O)NCCNC(=O)Cn2nc(-n3cccn3)ccc2=O)cc1. The number of anilines is 1. The van der Waals surface area contributed by atoms with Crippen LogP contribution in [0.5, 0.6) is 0 Å². The van der Waals surface area contributed by atoms with Gasteiger partial charge in [0.25, 0.3) is 11.5 Å². The predicted molar refractivity (Wildman–Crippen MR) is 125 cm³/mol. The average molecular weight is 466 g/mol. The largest absolute Gasteiger partial charge is 0.353 e. The summed E-state index contributed by atoms with van der Waals surface area (Å²) in [6, 6.07) is 11.1. The highest BCUT2D eigenvalue weighted by molar-refractivity contribution is 5.97. The number of amides is 3. The number of rotatable bonds is 8. The molecule has 0 atom stereocenters. The summed E-state index contributed by atoms with van der Waals surface area (Å²) in [6.45, 7) is 5.56. The maximum atomic E-state index is 12.3. The molecule has 178 valence electrons. The highest BCUT2D eigenvalue weighted by Crippen LogP contribution is 2.17. The Hall–Kier alpha value is -4.28. The molecule has 2 aromatic heterocycles. The van der Waals surface area contributed by atoms with Crippen LogP contribution >= 0.6 is 0 Å². The van der Waals surface area contributed by atoms with Gasteiger partial charge in [-0.15, -0.1) is 5.10 Å². The van der Waals surface area contributed by atoms with E-state index in [1.165, 1.54) is 16.8 Å². The Bertz CT molecular complexity index is 1210. The Kier molecular flexibility index (Phi) is 7.57. The molecule has 3 N–H and O–H groups in total. The van der Waals surface area contributed by atoms with Gasteiger partial charge in [0.05, 0.1) is 0 Å². The smallest absolute Gasteiger partial charge is 0.267 e. The molecule has 0 aliphatic heterocycles. The van der Waals surface area contributed by atoms with Crippen LogP contribution < -0.4 is 21.5 Å². The Morgan fingerprint density at radius 3 is 2.32 bits per heavy atom. The van der Waals surface area contributed by atoms with Crippen LogP contribution in [0.2, 0.25) is 0 Å². The molecule has 0 aliphatic carbocycles. The molecule has 11 nitrogen and oxygen atoms in total. The van der Waals surface area contributed by atoms with Gasteiger partial charge in [0.15, 0.2) is 5.82 Å². The molecule has 3 aromatic rings. The minimum absolute atomic E-state index is 0.119. The number of aromatic nitrogens is 4. The van der Waals surface area contributed by atoms with Crippen molar-refractivity contribution < 1.29 is 14.4 Å². The van der Waals surface area contributed by atoms with Crippen LogP contribution in [0.4, 0.5) is 5.69 Å². The molecule has 34 heavy (non-hydrogen) atoms. The molecular formula is C23H27N7O4. The van der Waals surface area contributed by atoms with Crippen LogP contribution in [-0.2, 0) is 16.1 Å². The zero-order valence-corrected chi connectivity index (χ0v) is 19.2. The van der Waals surface area contributed by atoms with Crippen molar-refractivity contribution in [2.75, 3.05) is 18.4 Å². The van der Waals surface area contributed by atoms with Crippen molar-refractivity contribution in [2.24, 2.45) is 5.41 Å². The van der Waals surface area contributed by atoms with Gasteiger partial charge in [0.1, 0.15) is 6.54 Å². The standard InChI is InChI=1S/C23H27N7O4/c1-23(2,3)22(34)27-17-7-5-16(6-8-17)21(33)25-13-12-24-19(31)15-30-20(32)10-9-18(28-30)29-14-4-11-26-29/h4-11,14H,12-13,15H2,1-3H3,(H,24,31)(H,25,33)(H,27,34). The van der Waals surface area contributed by atoms with Crippen molar-refractivity contribution in [2.45, 2.75) is 27.3 Å². The lowest BCUT2D eigenvalue weighted by atomic mass is 9.95. The van der Waals surface area contributed by atoms with Crippen LogP contribution in [0, 0.1) is 5.41 Å². The van der Waals surface area contributed by atoms with E-state index in [1.807, 2.05) is 20.8 Å². The van der Waals surface area contributed by atoms with Gasteiger partial charge in [-0.25, -0.2) is 9.36 Å². The van der Waals surface area contributed by atoms with E-state index >= 15 is 0 Å². The zero-order chi connectivity index (χ0) is 24.7. The molecule has 3 rings (SSSR count). The number of nitrogens with one attached hydrogen (secondary N) is 3. The molecule has 0 saturated heterocycles. The first-order chi connectivity index (χ1) is 16.1. The van der Waals surface area contributed by atoms with Crippen molar-refractivity contribution >= 4 is 23.4 Å². The summed E-state index contributed by atoms with van der Waals surface area (Å²) in [4.78, 5) is 48.5. The van der Waals surface area contributed by atoms with E-state index in [-0.39, 0.29) is 31.4 Å². The molecule has 0 aliphatic rings. The van der Waals surface area contributed by atoms with Gasteiger partial charge >= 0.3 is 0 Å². The number of nitrogens with zero attached hydrogens (tertiary/aromatic N) is 4. The van der Waals surface area contributed by atoms with Crippen LogP contribution in [0.25, 0.3) is 5.82 Å². The monoisotopic (exact) mass is 465 g/mol. The highest BCUT2D eigenvalue weighted by atomic mass is 16.2. The van der Waals surface area contributed by atoms with E-state index < -0.39 is 16.9 Å². The lowest BCUT2D eigenvalue weighted by Crippen LogP contribution is -2.38. The number of hydrogen-bond donors (Lipinski definition) is 3. The molecule has 1 aromatic carbocycles. The summed E-state index contributed by atoms with van der Waals surface area (Å²) >= 11 is 0. The number of carbonyl (C=O) groups excluding carboxylic acids is 3. The summed E-state index contributed by atoms with van der Waals surface area (Å²) in [5, 5.41) is 16.3. The quantitative estimate of drug-likeness (QED) is 0.423. The van der Waals surface area contributed by atoms with Crippen molar-refractivity contribution in [3.63, 3.8) is 0 Å². The van der Waals surface area contributed by atoms with E-state index in [1.54, 1.807) is 42.7 Å². The van der Waals surface area contributed by atoms with E-state index in [0.717, 1.165) is 4.68 Å². The second-order valence-corrected chi connectivity index (χ2v) is 8.53. The van der Waals surface area contributed by atoms with Crippen molar-refractivity contribution in [3.8, 4) is 5.82 Å². The van der Waals surface area contributed by atoms with E-state index in [2.05, 4.69) is 26.1 Å². The summed E-state index contributed by atoms with van der Waals surface area (Å²) < 4.78 is 2.53. The van der Waals surface area contributed by atoms with E-state index in [9.17, 15) is 19.2 Å². The van der Waals surface area contributed by atoms with Crippen LogP contribution in [0.1, 0.15) is 31.1 Å². The second kappa shape index (κ2) is 10.6. The Balaban J connectivity index is 1.44. The highest BCUT2D eigenvalue weighted by Gasteiger charge is 2.21. The van der Waals surface area contributed by atoms with Gasteiger partial charge in [-0.2, -0.15) is 5.10 Å². The Morgan fingerprint density at radius 1 is 0.971 bits per heavy atom. The molecule has 0 bridgehead atoms. The van der Waals surface area contributed by atoms with Gasteiger partial charge in [-0.05, 0) is 36.4 Å². The molecule has 0 spiro atoms. The third-order valence-electron chi connectivity index (χ3n) is 4.70. The molecule has 0 unspecified atom stereocenters. The van der Waals surface area contributed by atoms with Gasteiger partial charge < -0.3 is 16.0 Å². The molecule has 2 heterocycles. The maximum absolute atomic E-state index is 12.3. The minimum Gasteiger partial charge on any atom is -0.353 e. The van der Waals surface area contributed by atoms with E-state index in [4.69, 9.17) is 0 Å². The van der Waals surface area contributed by atoms with Crippen LogP contribution in [-0.4, -0.2) is 50.4 Å². The van der Waals surface area contributed by atoms with Gasteiger partial charge in [0, 0.05) is 48.2 Å². The summed E-state index contributed by atoms with van der Waals surface area (Å²) in [7, 11) is 0. The molecule has 0 saturated carbocycles. The second-order valence-electron chi connectivity index (χ2n) is 8.53. The Morgan fingerprint density at radius 2 is 1.68 bits per heavy atom. The first kappa shape index (κ1) is 24.4. The van der Waals surface area contributed by atoms with Gasteiger partial charge in [-0.1, -0.05) is 20.8 Å². The van der Waals surface area contributed by atoms with E-state index in [0.29, 0.717) is 17.1 Å².